The molecule has 23 heavy (non-hydrogen) atoms. The highest BCUT2D eigenvalue weighted by atomic mass is 79.9. The molecular weight excluding hydrogens is 358 g/mol. The first-order valence-electron chi connectivity index (χ1n) is 7.55. The smallest absolute Gasteiger partial charge is 0.254 e. The Morgan fingerprint density at radius 3 is 3.09 bits per heavy atom. The van der Waals surface area contributed by atoms with E-state index in [4.69, 9.17) is 0 Å². The zero-order chi connectivity index (χ0) is 16.0. The normalized spacial score (nSPS) is 18.0. The molecule has 2 aromatic heterocycles. The van der Waals surface area contributed by atoms with Gasteiger partial charge in [-0.15, -0.1) is 0 Å². The Bertz CT molecular complexity index is 884. The minimum Gasteiger partial charge on any atom is -0.342 e. The number of hydrogen-bond acceptors (Lipinski definition) is 3. The van der Waals surface area contributed by atoms with E-state index in [0.29, 0.717) is 12.1 Å². The molecule has 1 unspecified atom stereocenters. The molecule has 1 N–H and O–H groups in total. The Kier molecular flexibility index (Phi) is 3.45. The molecule has 1 saturated heterocycles. The lowest BCUT2D eigenvalue weighted by Gasteiger charge is -2.16. The van der Waals surface area contributed by atoms with Crippen molar-refractivity contribution in [2.75, 3.05) is 13.1 Å². The van der Waals surface area contributed by atoms with Crippen LogP contribution < -0.4 is 0 Å². The summed E-state index contributed by atoms with van der Waals surface area (Å²) in [6.07, 6.45) is 4.66. The molecule has 1 amide bonds. The molecule has 0 bridgehead atoms. The van der Waals surface area contributed by atoms with E-state index in [1.165, 1.54) is 0 Å². The molecular formula is C16H16BrN5O. The van der Waals surface area contributed by atoms with Gasteiger partial charge in [-0.1, -0.05) is 0 Å². The van der Waals surface area contributed by atoms with E-state index in [1.54, 1.807) is 6.20 Å². The third kappa shape index (κ3) is 2.65. The van der Waals surface area contributed by atoms with Crippen molar-refractivity contribution < 1.29 is 4.79 Å². The number of fused-ring (bicyclic) bond motifs is 1. The second-order valence-corrected chi connectivity index (χ2v) is 6.80. The van der Waals surface area contributed by atoms with Gasteiger partial charge in [0, 0.05) is 24.8 Å². The highest BCUT2D eigenvalue weighted by Gasteiger charge is 2.28. The first-order chi connectivity index (χ1) is 11.1. The maximum atomic E-state index is 12.7. The molecule has 1 fully saturated rings. The quantitative estimate of drug-likeness (QED) is 0.750. The third-order valence-electron chi connectivity index (χ3n) is 4.24. The Labute approximate surface area is 141 Å². The Balaban J connectivity index is 1.54. The van der Waals surface area contributed by atoms with Gasteiger partial charge < -0.3 is 9.88 Å². The summed E-state index contributed by atoms with van der Waals surface area (Å²) in [5.41, 5.74) is 2.49. The van der Waals surface area contributed by atoms with Crippen LogP contribution in [0.5, 0.6) is 0 Å². The van der Waals surface area contributed by atoms with Gasteiger partial charge in [0.15, 0.2) is 0 Å². The monoisotopic (exact) mass is 373 g/mol. The van der Waals surface area contributed by atoms with Crippen LogP contribution in [0, 0.1) is 6.92 Å². The van der Waals surface area contributed by atoms with E-state index in [2.05, 4.69) is 31.0 Å². The van der Waals surface area contributed by atoms with Crippen LogP contribution in [0.2, 0.25) is 0 Å². The van der Waals surface area contributed by atoms with Crippen molar-refractivity contribution in [1.29, 1.82) is 0 Å². The summed E-state index contributed by atoms with van der Waals surface area (Å²) in [6.45, 7) is 3.35. The number of hydrogen-bond donors (Lipinski definition) is 1. The van der Waals surface area contributed by atoms with E-state index >= 15 is 0 Å². The number of H-pyrrole nitrogens is 1. The summed E-state index contributed by atoms with van der Waals surface area (Å²) in [5, 5.41) is 4.33. The maximum absolute atomic E-state index is 12.7. The fourth-order valence-electron chi connectivity index (χ4n) is 3.11. The Hall–Kier alpha value is -2.15. The Morgan fingerprint density at radius 2 is 2.30 bits per heavy atom. The third-order valence-corrected chi connectivity index (χ3v) is 4.65. The second-order valence-electron chi connectivity index (χ2n) is 5.89. The summed E-state index contributed by atoms with van der Waals surface area (Å²) in [6, 6.07) is 5.87. The molecule has 1 aromatic carbocycles. The zero-order valence-corrected chi connectivity index (χ0v) is 14.2. The van der Waals surface area contributed by atoms with Crippen molar-refractivity contribution in [3.63, 3.8) is 0 Å². The fourth-order valence-corrected chi connectivity index (χ4v) is 3.41. The first-order valence-corrected chi connectivity index (χ1v) is 8.35. The highest BCUT2D eigenvalue weighted by molar-refractivity contribution is 9.10. The number of aryl methyl sites for hydroxylation is 1. The number of halogens is 1. The van der Waals surface area contributed by atoms with Crippen molar-refractivity contribution in [2.45, 2.75) is 19.4 Å². The number of rotatable bonds is 2. The van der Waals surface area contributed by atoms with Gasteiger partial charge >= 0.3 is 0 Å². The number of carbonyl (C=O) groups is 1. The van der Waals surface area contributed by atoms with E-state index in [9.17, 15) is 4.79 Å². The largest absolute Gasteiger partial charge is 0.342 e. The number of nitrogens with zero attached hydrogens (tertiary/aromatic N) is 4. The lowest BCUT2D eigenvalue weighted by Crippen LogP contribution is -2.29. The van der Waals surface area contributed by atoms with Crippen molar-refractivity contribution in [1.82, 2.24) is 24.6 Å². The number of aromatic amines is 1. The van der Waals surface area contributed by atoms with Crippen LogP contribution in [0.1, 0.15) is 28.6 Å². The average Bonchev–Trinajstić information content (AvgIpc) is 3.23. The standard InChI is InChI=1S/C16H16BrN5O/c1-10-19-14-3-2-11(6-15(14)20-10)16(23)21-5-4-13(9-21)22-8-12(17)7-18-22/h2-3,6-8,13H,4-5,9H2,1H3,(H,19,20). The van der Waals surface area contributed by atoms with E-state index < -0.39 is 0 Å². The number of carbonyl (C=O) groups excluding carboxylic acids is 1. The van der Waals surface area contributed by atoms with Gasteiger partial charge in [0.2, 0.25) is 0 Å². The minimum absolute atomic E-state index is 0.0628. The SMILES string of the molecule is Cc1nc2ccc(C(=O)N3CCC(n4cc(Br)cn4)C3)cc2[nH]1. The summed E-state index contributed by atoms with van der Waals surface area (Å²) in [5.74, 6) is 0.919. The zero-order valence-electron chi connectivity index (χ0n) is 12.7. The van der Waals surface area contributed by atoms with E-state index in [-0.39, 0.29) is 11.9 Å². The second kappa shape index (κ2) is 5.49. The van der Waals surface area contributed by atoms with Crippen LogP contribution in [0.3, 0.4) is 0 Å². The van der Waals surface area contributed by atoms with Gasteiger partial charge in [0.25, 0.3) is 5.91 Å². The average molecular weight is 374 g/mol. The number of aromatic nitrogens is 4. The van der Waals surface area contributed by atoms with Gasteiger partial charge in [0.05, 0.1) is 27.7 Å². The lowest BCUT2D eigenvalue weighted by atomic mass is 10.2. The maximum Gasteiger partial charge on any atom is 0.254 e. The van der Waals surface area contributed by atoms with Crippen LogP contribution in [0.4, 0.5) is 0 Å². The van der Waals surface area contributed by atoms with Gasteiger partial charge in [0.1, 0.15) is 5.82 Å². The van der Waals surface area contributed by atoms with Crippen LogP contribution in [-0.2, 0) is 0 Å². The molecule has 3 heterocycles. The Morgan fingerprint density at radius 1 is 1.43 bits per heavy atom. The molecule has 118 valence electrons. The van der Waals surface area contributed by atoms with Crippen LogP contribution >= 0.6 is 15.9 Å². The summed E-state index contributed by atoms with van der Waals surface area (Å²) in [7, 11) is 0. The molecule has 3 aromatic rings. The number of benzene rings is 1. The molecule has 0 spiro atoms. The van der Waals surface area contributed by atoms with Crippen molar-refractivity contribution in [3.8, 4) is 0 Å². The van der Waals surface area contributed by atoms with Gasteiger partial charge in [-0.3, -0.25) is 9.48 Å². The molecule has 0 radical (unpaired) electrons. The highest BCUT2D eigenvalue weighted by Crippen LogP contribution is 2.24. The molecule has 1 aliphatic heterocycles. The van der Waals surface area contributed by atoms with E-state index in [1.807, 2.05) is 40.9 Å². The summed E-state index contributed by atoms with van der Waals surface area (Å²) < 4.78 is 2.89. The molecule has 7 heteroatoms. The lowest BCUT2D eigenvalue weighted by molar-refractivity contribution is 0.0787. The van der Waals surface area contributed by atoms with Gasteiger partial charge in [-0.25, -0.2) is 4.98 Å². The number of likely N-dealkylation sites (tertiary alicyclic amines) is 1. The van der Waals surface area contributed by atoms with E-state index in [0.717, 1.165) is 34.3 Å². The van der Waals surface area contributed by atoms with Crippen molar-refractivity contribution in [2.24, 2.45) is 0 Å². The summed E-state index contributed by atoms with van der Waals surface area (Å²) >= 11 is 3.41. The predicted molar refractivity (Wildman–Crippen MR) is 90.3 cm³/mol. The topological polar surface area (TPSA) is 66.8 Å². The molecule has 6 nitrogen and oxygen atoms in total. The van der Waals surface area contributed by atoms with Gasteiger partial charge in [-0.05, 0) is 47.5 Å². The van der Waals surface area contributed by atoms with Crippen molar-refractivity contribution in [3.05, 3.63) is 46.5 Å². The molecule has 0 saturated carbocycles. The van der Waals surface area contributed by atoms with Gasteiger partial charge in [-0.2, -0.15) is 5.10 Å². The minimum atomic E-state index is 0.0628. The summed E-state index contributed by atoms with van der Waals surface area (Å²) in [4.78, 5) is 22.2. The molecule has 0 aliphatic carbocycles. The molecule has 1 aliphatic rings. The van der Waals surface area contributed by atoms with Crippen LogP contribution in [0.25, 0.3) is 11.0 Å². The number of imidazole rings is 1. The number of nitrogens with one attached hydrogen (secondary N) is 1. The fraction of sp³-hybridized carbons (Fsp3) is 0.312. The van der Waals surface area contributed by atoms with Crippen molar-refractivity contribution >= 4 is 32.9 Å². The van der Waals surface area contributed by atoms with Crippen LogP contribution in [-0.4, -0.2) is 43.6 Å². The first kappa shape index (κ1) is 14.4. The van der Waals surface area contributed by atoms with Crippen LogP contribution in [0.15, 0.2) is 35.1 Å². The molecule has 1 atom stereocenters. The predicted octanol–water partition coefficient (Wildman–Crippen LogP) is 2.92. The number of amides is 1. The molecule has 4 rings (SSSR count).